The fraction of sp³-hybridized carbons (Fsp3) is 1.00. The normalized spacial score (nSPS) is 14.6. The summed E-state index contributed by atoms with van der Waals surface area (Å²) in [6.45, 7) is 15.2. The van der Waals surface area contributed by atoms with Crippen LogP contribution in [0.2, 0.25) is 0 Å². The number of phosphoric ester groups is 1. The van der Waals surface area contributed by atoms with Crippen LogP contribution in [0, 0.1) is 0 Å². The number of likely N-dealkylation sites (N-methyl/N-ethyl adjacent to an activating group) is 1. The standard InChI is InChI=1S/C29H62NO5PS/c1-6-11-12-13-14-15-16-17-18-19-20-21-22-23-26-37-28-29(33-10-5)27-35-36(31,32)34-25-24-30(7-2,8-3)9-4/h29H,6-28H2,1-5H3/p+1. The molecule has 0 rings (SSSR count). The van der Waals surface area contributed by atoms with Crippen LogP contribution < -0.4 is 0 Å². The summed E-state index contributed by atoms with van der Waals surface area (Å²) in [4.78, 5) is 10.1. The fourth-order valence-electron chi connectivity index (χ4n) is 4.70. The Bertz CT molecular complexity index is 528. The Hall–Kier alpha value is 0.380. The molecule has 8 heteroatoms. The van der Waals surface area contributed by atoms with Crippen LogP contribution in [0.5, 0.6) is 0 Å². The van der Waals surface area contributed by atoms with E-state index in [1.807, 2.05) is 18.7 Å². The van der Waals surface area contributed by atoms with Crippen molar-refractivity contribution in [2.24, 2.45) is 0 Å². The maximum atomic E-state index is 12.3. The van der Waals surface area contributed by atoms with E-state index in [4.69, 9.17) is 13.8 Å². The number of hydrogen-bond donors (Lipinski definition) is 1. The second kappa shape index (κ2) is 25.4. The first kappa shape index (κ1) is 37.4. The Morgan fingerprint density at radius 3 is 1.68 bits per heavy atom. The highest BCUT2D eigenvalue weighted by atomic mass is 32.2. The van der Waals surface area contributed by atoms with Crippen LogP contribution in [0.1, 0.15) is 125 Å². The molecule has 0 saturated heterocycles. The van der Waals surface area contributed by atoms with Crippen molar-refractivity contribution >= 4 is 19.6 Å². The molecule has 0 saturated carbocycles. The Labute approximate surface area is 235 Å². The number of ether oxygens (including phenoxy) is 1. The lowest BCUT2D eigenvalue weighted by Gasteiger charge is -2.35. The summed E-state index contributed by atoms with van der Waals surface area (Å²) in [7, 11) is -4.06. The first-order valence-corrected chi connectivity index (χ1v) is 18.2. The zero-order chi connectivity index (χ0) is 27.7. The molecule has 2 unspecified atom stereocenters. The summed E-state index contributed by atoms with van der Waals surface area (Å²) in [5.41, 5.74) is 0. The van der Waals surface area contributed by atoms with Gasteiger partial charge in [-0.25, -0.2) is 4.57 Å². The molecule has 0 aromatic heterocycles. The van der Waals surface area contributed by atoms with Gasteiger partial charge in [0.15, 0.2) is 0 Å². The minimum atomic E-state index is -4.06. The van der Waals surface area contributed by atoms with Crippen molar-refractivity contribution in [2.75, 3.05) is 57.5 Å². The van der Waals surface area contributed by atoms with Crippen LogP contribution in [0.4, 0.5) is 0 Å². The predicted octanol–water partition coefficient (Wildman–Crippen LogP) is 8.62. The molecule has 0 radical (unpaired) electrons. The van der Waals surface area contributed by atoms with Gasteiger partial charge in [0.05, 0.1) is 32.3 Å². The number of hydrogen-bond acceptors (Lipinski definition) is 5. The second-order valence-electron chi connectivity index (χ2n) is 10.4. The molecular formula is C29H63NO5PS+. The van der Waals surface area contributed by atoms with Crippen LogP contribution >= 0.6 is 19.6 Å². The van der Waals surface area contributed by atoms with Crippen molar-refractivity contribution in [3.63, 3.8) is 0 Å². The third-order valence-corrected chi connectivity index (χ3v) is 9.77. The molecule has 0 amide bonds. The van der Waals surface area contributed by atoms with E-state index in [0.717, 1.165) is 35.6 Å². The summed E-state index contributed by atoms with van der Waals surface area (Å²) in [6.07, 6.45) is 19.0. The minimum Gasteiger partial charge on any atom is -0.375 e. The van der Waals surface area contributed by atoms with Crippen LogP contribution in [-0.4, -0.2) is 73.0 Å². The first-order chi connectivity index (χ1) is 17.9. The van der Waals surface area contributed by atoms with Crippen LogP contribution in [0.25, 0.3) is 0 Å². The average Bonchev–Trinajstić information content (AvgIpc) is 2.89. The van der Waals surface area contributed by atoms with E-state index in [-0.39, 0.29) is 19.3 Å². The van der Waals surface area contributed by atoms with Gasteiger partial charge in [0.25, 0.3) is 0 Å². The smallest absolute Gasteiger partial charge is 0.375 e. The lowest BCUT2D eigenvalue weighted by Crippen LogP contribution is -2.49. The van der Waals surface area contributed by atoms with Gasteiger partial charge in [-0.1, -0.05) is 90.4 Å². The average molecular weight is 569 g/mol. The van der Waals surface area contributed by atoms with Crippen molar-refractivity contribution in [3.8, 4) is 0 Å². The topological polar surface area (TPSA) is 65.0 Å². The maximum Gasteiger partial charge on any atom is 0.472 e. The quantitative estimate of drug-likeness (QED) is 0.0554. The molecule has 224 valence electrons. The summed E-state index contributed by atoms with van der Waals surface area (Å²) >= 11 is 1.85. The van der Waals surface area contributed by atoms with Gasteiger partial charge >= 0.3 is 7.82 Å². The van der Waals surface area contributed by atoms with E-state index < -0.39 is 7.82 Å². The fourth-order valence-corrected chi connectivity index (χ4v) is 6.47. The van der Waals surface area contributed by atoms with Gasteiger partial charge in [-0.2, -0.15) is 11.8 Å². The van der Waals surface area contributed by atoms with Crippen LogP contribution in [-0.2, 0) is 18.3 Å². The van der Waals surface area contributed by atoms with Crippen molar-refractivity contribution < 1.29 is 27.7 Å². The lowest BCUT2D eigenvalue weighted by molar-refractivity contribution is -0.923. The predicted molar refractivity (Wildman–Crippen MR) is 162 cm³/mol. The van der Waals surface area contributed by atoms with Gasteiger partial charge in [0.1, 0.15) is 13.2 Å². The highest BCUT2D eigenvalue weighted by Gasteiger charge is 2.27. The molecule has 0 aliphatic rings. The van der Waals surface area contributed by atoms with Crippen molar-refractivity contribution in [1.29, 1.82) is 0 Å². The molecular weight excluding hydrogens is 505 g/mol. The van der Waals surface area contributed by atoms with Crippen LogP contribution in [0.3, 0.4) is 0 Å². The molecule has 0 heterocycles. The molecule has 37 heavy (non-hydrogen) atoms. The molecule has 0 aliphatic heterocycles. The van der Waals surface area contributed by atoms with Gasteiger partial charge < -0.3 is 14.1 Å². The van der Waals surface area contributed by atoms with Gasteiger partial charge in [-0.15, -0.1) is 0 Å². The van der Waals surface area contributed by atoms with E-state index in [9.17, 15) is 9.46 Å². The molecule has 0 fully saturated rings. The molecule has 0 bridgehead atoms. The van der Waals surface area contributed by atoms with E-state index in [1.54, 1.807) is 0 Å². The molecule has 2 atom stereocenters. The summed E-state index contributed by atoms with van der Waals surface area (Å²) in [5.74, 6) is 1.87. The zero-order valence-electron chi connectivity index (χ0n) is 25.2. The van der Waals surface area contributed by atoms with Crippen LogP contribution in [0.15, 0.2) is 0 Å². The highest BCUT2D eigenvalue weighted by Crippen LogP contribution is 2.43. The zero-order valence-corrected chi connectivity index (χ0v) is 26.9. The van der Waals surface area contributed by atoms with E-state index >= 15 is 0 Å². The van der Waals surface area contributed by atoms with Gasteiger partial charge in [0.2, 0.25) is 0 Å². The summed E-state index contributed by atoms with van der Waals surface area (Å²) in [6, 6.07) is 0. The number of phosphoric acid groups is 1. The van der Waals surface area contributed by atoms with Crippen molar-refractivity contribution in [3.05, 3.63) is 0 Å². The number of rotatable bonds is 29. The number of quaternary nitrogens is 1. The molecule has 6 nitrogen and oxygen atoms in total. The second-order valence-corrected chi connectivity index (χ2v) is 13.0. The van der Waals surface area contributed by atoms with E-state index in [0.29, 0.717) is 13.2 Å². The van der Waals surface area contributed by atoms with E-state index in [2.05, 4.69) is 27.7 Å². The monoisotopic (exact) mass is 568 g/mol. The molecule has 0 aromatic carbocycles. The third kappa shape index (κ3) is 21.8. The Morgan fingerprint density at radius 1 is 0.730 bits per heavy atom. The molecule has 0 aliphatic carbocycles. The maximum absolute atomic E-state index is 12.3. The number of thioether (sulfide) groups is 1. The lowest BCUT2D eigenvalue weighted by atomic mass is 10.0. The third-order valence-electron chi connectivity index (χ3n) is 7.60. The van der Waals surface area contributed by atoms with Crippen molar-refractivity contribution in [2.45, 2.75) is 131 Å². The SMILES string of the molecule is CCCCCCCCCCCCCCCCSCC(COP(=O)(O)OCC[N+](CC)(CC)CC)OCC. The van der Waals surface area contributed by atoms with Gasteiger partial charge in [-0.05, 0) is 39.9 Å². The largest absolute Gasteiger partial charge is 0.472 e. The first-order valence-electron chi connectivity index (χ1n) is 15.5. The Balaban J connectivity index is 3.81. The van der Waals surface area contributed by atoms with E-state index in [1.165, 1.54) is 89.9 Å². The number of unbranched alkanes of at least 4 members (excludes halogenated alkanes) is 13. The van der Waals surface area contributed by atoms with Gasteiger partial charge in [0, 0.05) is 12.4 Å². The summed E-state index contributed by atoms with van der Waals surface area (Å²) < 4.78 is 29.5. The van der Waals surface area contributed by atoms with Gasteiger partial charge in [-0.3, -0.25) is 9.05 Å². The molecule has 0 aromatic rings. The van der Waals surface area contributed by atoms with Crippen molar-refractivity contribution in [1.82, 2.24) is 0 Å². The minimum absolute atomic E-state index is 0.0860. The molecule has 0 spiro atoms. The summed E-state index contributed by atoms with van der Waals surface area (Å²) in [5, 5.41) is 0. The molecule has 1 N–H and O–H groups in total. The Morgan fingerprint density at radius 2 is 1.22 bits per heavy atom. The Kier molecular flexibility index (Phi) is 25.6. The number of nitrogens with zero attached hydrogens (tertiary/aromatic N) is 1. The highest BCUT2D eigenvalue weighted by molar-refractivity contribution is 7.99.